The van der Waals surface area contributed by atoms with Gasteiger partial charge in [-0.2, -0.15) is 0 Å². The Hall–Kier alpha value is -1.81. The Balaban J connectivity index is 2.54. The second kappa shape index (κ2) is 5.90. The van der Waals surface area contributed by atoms with E-state index in [9.17, 15) is 0 Å². The van der Waals surface area contributed by atoms with Gasteiger partial charge in [0, 0.05) is 17.0 Å². The molecule has 0 atom stereocenters. The molecule has 4 nitrogen and oxygen atoms in total. The number of aromatic nitrogens is 2. The first-order valence-electron chi connectivity index (χ1n) is 6.62. The van der Waals surface area contributed by atoms with Gasteiger partial charge in [0.25, 0.3) is 0 Å². The summed E-state index contributed by atoms with van der Waals surface area (Å²) in [5.41, 5.74) is 1.50. The Labute approximate surface area is 130 Å². The average molecular weight is 307 g/mol. The third-order valence-corrected chi connectivity index (χ3v) is 3.24. The van der Waals surface area contributed by atoms with Crippen LogP contribution in [0.3, 0.4) is 0 Å². The lowest BCUT2D eigenvalue weighted by molar-refractivity contribution is 0.355. The molecular formula is C16H19ClN2O2. The first-order chi connectivity index (χ1) is 9.85. The molecule has 0 amide bonds. The lowest BCUT2D eigenvalue weighted by atomic mass is 9.95. The van der Waals surface area contributed by atoms with E-state index >= 15 is 0 Å². The van der Waals surface area contributed by atoms with Crippen LogP contribution in [0.15, 0.2) is 24.3 Å². The standard InChI is InChI=1S/C16H19ClN2O2/c1-16(2,3)15-18-11(9-14(17)19-15)10-6-7-12(20-4)13(8-10)21-5/h6-9H,1-5H3. The van der Waals surface area contributed by atoms with Crippen molar-refractivity contribution in [3.63, 3.8) is 0 Å². The second-order valence-corrected chi connectivity index (χ2v) is 6.11. The number of rotatable bonds is 3. The smallest absolute Gasteiger partial charge is 0.161 e. The van der Waals surface area contributed by atoms with Gasteiger partial charge < -0.3 is 9.47 Å². The molecule has 0 N–H and O–H groups in total. The van der Waals surface area contributed by atoms with Crippen LogP contribution in [0.2, 0.25) is 5.15 Å². The molecule has 0 bridgehead atoms. The van der Waals surface area contributed by atoms with Gasteiger partial charge in [0.05, 0.1) is 19.9 Å². The Kier molecular flexibility index (Phi) is 4.37. The van der Waals surface area contributed by atoms with Crippen molar-refractivity contribution in [1.29, 1.82) is 0 Å². The average Bonchev–Trinajstić information content (AvgIpc) is 2.45. The van der Waals surface area contributed by atoms with E-state index in [1.54, 1.807) is 20.3 Å². The fourth-order valence-electron chi connectivity index (χ4n) is 1.90. The van der Waals surface area contributed by atoms with Crippen molar-refractivity contribution in [3.8, 4) is 22.8 Å². The lowest BCUT2D eigenvalue weighted by Crippen LogP contribution is -2.16. The van der Waals surface area contributed by atoms with E-state index in [2.05, 4.69) is 30.7 Å². The van der Waals surface area contributed by atoms with Gasteiger partial charge in [-0.1, -0.05) is 32.4 Å². The largest absolute Gasteiger partial charge is 0.493 e. The summed E-state index contributed by atoms with van der Waals surface area (Å²) in [5, 5.41) is 0.430. The van der Waals surface area contributed by atoms with Crippen LogP contribution in [0.4, 0.5) is 0 Å². The number of methoxy groups -OCH3 is 2. The summed E-state index contributed by atoms with van der Waals surface area (Å²) < 4.78 is 10.6. The van der Waals surface area contributed by atoms with E-state index in [0.717, 1.165) is 11.3 Å². The molecule has 0 saturated heterocycles. The Morgan fingerprint density at radius 3 is 2.19 bits per heavy atom. The third-order valence-electron chi connectivity index (χ3n) is 3.05. The molecule has 0 radical (unpaired) electrons. The molecule has 21 heavy (non-hydrogen) atoms. The maximum Gasteiger partial charge on any atom is 0.161 e. The highest BCUT2D eigenvalue weighted by Gasteiger charge is 2.19. The minimum absolute atomic E-state index is 0.170. The first-order valence-corrected chi connectivity index (χ1v) is 7.00. The van der Waals surface area contributed by atoms with Gasteiger partial charge in [-0.3, -0.25) is 0 Å². The van der Waals surface area contributed by atoms with Crippen molar-refractivity contribution in [2.24, 2.45) is 0 Å². The maximum atomic E-state index is 6.13. The van der Waals surface area contributed by atoms with Gasteiger partial charge in [-0.05, 0) is 18.2 Å². The van der Waals surface area contributed by atoms with Crippen LogP contribution in [0.25, 0.3) is 11.3 Å². The molecule has 0 aliphatic heterocycles. The molecule has 5 heteroatoms. The van der Waals surface area contributed by atoms with Crippen LogP contribution in [0, 0.1) is 0 Å². The number of halogens is 1. The molecule has 112 valence electrons. The van der Waals surface area contributed by atoms with Gasteiger partial charge in [0.2, 0.25) is 0 Å². The topological polar surface area (TPSA) is 44.2 Å². The summed E-state index contributed by atoms with van der Waals surface area (Å²) in [5.74, 6) is 2.04. The summed E-state index contributed by atoms with van der Waals surface area (Å²) in [4.78, 5) is 8.92. The highest BCUT2D eigenvalue weighted by atomic mass is 35.5. The van der Waals surface area contributed by atoms with E-state index in [1.807, 2.05) is 18.2 Å². The quantitative estimate of drug-likeness (QED) is 0.800. The molecule has 1 aromatic heterocycles. The number of hydrogen-bond acceptors (Lipinski definition) is 4. The fraction of sp³-hybridized carbons (Fsp3) is 0.375. The van der Waals surface area contributed by atoms with Crippen LogP contribution < -0.4 is 9.47 Å². The third kappa shape index (κ3) is 3.45. The summed E-state index contributed by atoms with van der Waals surface area (Å²) in [6.45, 7) is 6.16. The molecule has 0 unspecified atom stereocenters. The Bertz CT molecular complexity index is 651. The molecule has 0 aliphatic rings. The zero-order chi connectivity index (χ0) is 15.6. The zero-order valence-corrected chi connectivity index (χ0v) is 13.7. The summed E-state index contributed by atoms with van der Waals surface area (Å²) in [7, 11) is 3.21. The van der Waals surface area contributed by atoms with Gasteiger partial charge in [-0.15, -0.1) is 0 Å². The van der Waals surface area contributed by atoms with Crippen LogP contribution >= 0.6 is 11.6 Å². The molecule has 2 aromatic rings. The lowest BCUT2D eigenvalue weighted by Gasteiger charge is -2.18. The van der Waals surface area contributed by atoms with Crippen molar-refractivity contribution in [2.45, 2.75) is 26.2 Å². The molecule has 0 spiro atoms. The number of hydrogen-bond donors (Lipinski definition) is 0. The Morgan fingerprint density at radius 1 is 0.952 bits per heavy atom. The molecule has 2 rings (SSSR count). The maximum absolute atomic E-state index is 6.13. The van der Waals surface area contributed by atoms with Crippen LogP contribution in [-0.2, 0) is 5.41 Å². The van der Waals surface area contributed by atoms with Gasteiger partial charge >= 0.3 is 0 Å². The molecule has 0 aliphatic carbocycles. The summed E-state index contributed by atoms with van der Waals surface area (Å²) in [6, 6.07) is 7.40. The van der Waals surface area contributed by atoms with Crippen molar-refractivity contribution < 1.29 is 9.47 Å². The number of ether oxygens (including phenoxy) is 2. The fourth-order valence-corrected chi connectivity index (χ4v) is 2.08. The van der Waals surface area contributed by atoms with E-state index in [0.29, 0.717) is 22.5 Å². The normalized spacial score (nSPS) is 11.3. The number of benzene rings is 1. The predicted molar refractivity (Wildman–Crippen MR) is 84.3 cm³/mol. The van der Waals surface area contributed by atoms with Gasteiger partial charge in [-0.25, -0.2) is 9.97 Å². The minimum atomic E-state index is -0.170. The van der Waals surface area contributed by atoms with Crippen molar-refractivity contribution in [3.05, 3.63) is 35.2 Å². The van der Waals surface area contributed by atoms with Crippen LogP contribution in [0.5, 0.6) is 11.5 Å². The van der Waals surface area contributed by atoms with Crippen LogP contribution in [0.1, 0.15) is 26.6 Å². The van der Waals surface area contributed by atoms with Gasteiger partial charge in [0.1, 0.15) is 11.0 Å². The van der Waals surface area contributed by atoms with Crippen LogP contribution in [-0.4, -0.2) is 24.2 Å². The molecular weight excluding hydrogens is 288 g/mol. The minimum Gasteiger partial charge on any atom is -0.493 e. The predicted octanol–water partition coefficient (Wildman–Crippen LogP) is 4.11. The molecule has 1 heterocycles. The molecule has 0 saturated carbocycles. The Morgan fingerprint density at radius 2 is 1.62 bits per heavy atom. The highest BCUT2D eigenvalue weighted by Crippen LogP contribution is 2.33. The summed E-state index contributed by atoms with van der Waals surface area (Å²) >= 11 is 6.13. The highest BCUT2D eigenvalue weighted by molar-refractivity contribution is 6.29. The van der Waals surface area contributed by atoms with E-state index < -0.39 is 0 Å². The number of nitrogens with zero attached hydrogens (tertiary/aromatic N) is 2. The van der Waals surface area contributed by atoms with Crippen molar-refractivity contribution in [2.75, 3.05) is 14.2 Å². The SMILES string of the molecule is COc1ccc(-c2cc(Cl)nc(C(C)(C)C)n2)cc1OC. The second-order valence-electron chi connectivity index (χ2n) is 5.72. The monoisotopic (exact) mass is 306 g/mol. The van der Waals surface area contributed by atoms with Crippen molar-refractivity contribution >= 4 is 11.6 Å². The van der Waals surface area contributed by atoms with Crippen molar-refractivity contribution in [1.82, 2.24) is 9.97 Å². The zero-order valence-electron chi connectivity index (χ0n) is 12.9. The summed E-state index contributed by atoms with van der Waals surface area (Å²) in [6.07, 6.45) is 0. The van der Waals surface area contributed by atoms with E-state index in [1.165, 1.54) is 0 Å². The first kappa shape index (κ1) is 15.6. The van der Waals surface area contributed by atoms with Gasteiger partial charge in [0.15, 0.2) is 11.5 Å². The van der Waals surface area contributed by atoms with E-state index in [4.69, 9.17) is 21.1 Å². The molecule has 0 fully saturated rings. The van der Waals surface area contributed by atoms with E-state index in [-0.39, 0.29) is 5.41 Å². The molecule has 1 aromatic carbocycles.